The van der Waals surface area contributed by atoms with E-state index in [-0.39, 0.29) is 23.5 Å². The van der Waals surface area contributed by atoms with Gasteiger partial charge in [-0.3, -0.25) is 0 Å². The molecule has 0 unspecified atom stereocenters. The van der Waals surface area contributed by atoms with Gasteiger partial charge in [0.25, 0.3) is 0 Å². The molecule has 0 spiro atoms. The quantitative estimate of drug-likeness (QED) is 0.710. The highest BCUT2D eigenvalue weighted by Gasteiger charge is 2.63. The molecule has 2 aliphatic carbocycles. The summed E-state index contributed by atoms with van der Waals surface area (Å²) in [5, 5.41) is 28.9. The largest absolute Gasteiger partial charge is 0.394 e. The van der Waals surface area contributed by atoms with E-state index in [2.05, 4.69) is 20.8 Å². The Morgan fingerprint density at radius 3 is 2.35 bits per heavy atom. The van der Waals surface area contributed by atoms with Gasteiger partial charge in [-0.2, -0.15) is 0 Å². The molecule has 3 rings (SSSR count). The molecule has 0 aromatic carbocycles. The minimum absolute atomic E-state index is 0.0422. The number of fused-ring (bicyclic) bond motifs is 2. The number of ether oxygens (including phenoxy) is 2. The van der Waals surface area contributed by atoms with Crippen LogP contribution in [-0.2, 0) is 9.47 Å². The molecular weight excluding hydrogens is 260 g/mol. The van der Waals surface area contributed by atoms with Gasteiger partial charge in [0, 0.05) is 0 Å². The second-order valence-electron chi connectivity index (χ2n) is 7.44. The van der Waals surface area contributed by atoms with E-state index < -0.39 is 24.6 Å². The molecule has 0 aromatic heterocycles. The summed E-state index contributed by atoms with van der Waals surface area (Å²) in [6.07, 6.45) is -0.365. The Hall–Kier alpha value is -0.200. The van der Waals surface area contributed by atoms with Gasteiger partial charge in [0.1, 0.15) is 18.3 Å². The van der Waals surface area contributed by atoms with E-state index in [1.165, 1.54) is 6.42 Å². The van der Waals surface area contributed by atoms with Gasteiger partial charge in [-0.15, -0.1) is 0 Å². The maximum absolute atomic E-state index is 9.99. The Kier molecular flexibility index (Phi) is 3.42. The van der Waals surface area contributed by atoms with Gasteiger partial charge >= 0.3 is 0 Å². The minimum Gasteiger partial charge on any atom is -0.394 e. The zero-order valence-electron chi connectivity index (χ0n) is 12.5. The number of aliphatic hydroxyl groups is 3. The van der Waals surface area contributed by atoms with Crippen LogP contribution < -0.4 is 0 Å². The van der Waals surface area contributed by atoms with E-state index in [0.717, 1.165) is 12.8 Å². The summed E-state index contributed by atoms with van der Waals surface area (Å²) in [4.78, 5) is 0. The summed E-state index contributed by atoms with van der Waals surface area (Å²) in [5.74, 6) is 0.648. The van der Waals surface area contributed by atoms with Crippen molar-refractivity contribution >= 4 is 0 Å². The number of rotatable bonds is 3. The predicted octanol–water partition coefficient (Wildman–Crippen LogP) is 0.657. The molecule has 3 fully saturated rings. The summed E-state index contributed by atoms with van der Waals surface area (Å²) in [7, 11) is 0. The van der Waals surface area contributed by atoms with Crippen LogP contribution in [0.3, 0.4) is 0 Å². The monoisotopic (exact) mass is 286 g/mol. The third-order valence-corrected chi connectivity index (χ3v) is 6.51. The Balaban J connectivity index is 1.71. The van der Waals surface area contributed by atoms with Crippen molar-refractivity contribution in [3.8, 4) is 0 Å². The van der Waals surface area contributed by atoms with Crippen LogP contribution in [0.2, 0.25) is 0 Å². The van der Waals surface area contributed by atoms with Crippen molar-refractivity contribution in [3.05, 3.63) is 0 Å². The van der Waals surface area contributed by atoms with E-state index in [1.807, 2.05) is 0 Å². The molecule has 7 atom stereocenters. The van der Waals surface area contributed by atoms with Gasteiger partial charge in [-0.25, -0.2) is 0 Å². The molecule has 20 heavy (non-hydrogen) atoms. The highest BCUT2D eigenvalue weighted by Crippen LogP contribution is 2.66. The zero-order chi connectivity index (χ0) is 14.7. The smallest absolute Gasteiger partial charge is 0.186 e. The molecule has 1 heterocycles. The summed E-state index contributed by atoms with van der Waals surface area (Å²) in [6.45, 7) is 6.54. The van der Waals surface area contributed by atoms with Crippen LogP contribution >= 0.6 is 0 Å². The van der Waals surface area contributed by atoms with Crippen LogP contribution in [-0.4, -0.2) is 52.6 Å². The van der Waals surface area contributed by atoms with E-state index in [9.17, 15) is 10.2 Å². The lowest BCUT2D eigenvalue weighted by molar-refractivity contribution is -0.216. The highest BCUT2D eigenvalue weighted by atomic mass is 16.7. The molecule has 2 bridgehead atoms. The predicted molar refractivity (Wildman–Crippen MR) is 71.9 cm³/mol. The Morgan fingerprint density at radius 2 is 1.90 bits per heavy atom. The molecule has 0 radical (unpaired) electrons. The minimum atomic E-state index is -1.09. The third kappa shape index (κ3) is 1.80. The summed E-state index contributed by atoms with van der Waals surface area (Å²) < 4.78 is 11.5. The molecule has 3 aliphatic rings. The van der Waals surface area contributed by atoms with Crippen LogP contribution in [0.4, 0.5) is 0 Å². The summed E-state index contributed by atoms with van der Waals surface area (Å²) in [5.41, 5.74) is 0.319. The van der Waals surface area contributed by atoms with Crippen molar-refractivity contribution in [2.45, 2.75) is 70.7 Å². The lowest BCUT2D eigenvalue weighted by atomic mass is 9.70. The lowest BCUT2D eigenvalue weighted by Gasteiger charge is -2.40. The van der Waals surface area contributed by atoms with Gasteiger partial charge in [0.05, 0.1) is 12.7 Å². The van der Waals surface area contributed by atoms with E-state index >= 15 is 0 Å². The van der Waals surface area contributed by atoms with Gasteiger partial charge in [-0.1, -0.05) is 20.8 Å². The van der Waals surface area contributed by atoms with Crippen LogP contribution in [0, 0.1) is 16.7 Å². The van der Waals surface area contributed by atoms with Crippen molar-refractivity contribution in [3.63, 3.8) is 0 Å². The molecule has 1 saturated heterocycles. The molecule has 0 aromatic rings. The Labute approximate surface area is 119 Å². The van der Waals surface area contributed by atoms with Gasteiger partial charge < -0.3 is 24.8 Å². The van der Waals surface area contributed by atoms with Crippen molar-refractivity contribution < 1.29 is 24.8 Å². The number of hydrogen-bond donors (Lipinski definition) is 3. The highest BCUT2D eigenvalue weighted by molar-refractivity contribution is 5.11. The maximum atomic E-state index is 9.99. The van der Waals surface area contributed by atoms with Gasteiger partial charge in [-0.05, 0) is 36.0 Å². The number of hydrogen-bond acceptors (Lipinski definition) is 5. The van der Waals surface area contributed by atoms with E-state index in [0.29, 0.717) is 5.92 Å². The zero-order valence-corrected chi connectivity index (χ0v) is 12.5. The molecule has 2 saturated carbocycles. The average molecular weight is 286 g/mol. The molecule has 5 heteroatoms. The standard InChI is InChI=1S/C15H26O5/c1-14(2)8-4-5-15(14,3)10(6-8)20-13-12(18)11(17)9(7-16)19-13/h8-13,16-18H,4-7H2,1-3H3/t8-,9+,10+,11+,12-,13+,15+/m1/s1. The van der Waals surface area contributed by atoms with Crippen LogP contribution in [0.5, 0.6) is 0 Å². The fraction of sp³-hybridized carbons (Fsp3) is 1.00. The molecule has 3 N–H and O–H groups in total. The fourth-order valence-electron chi connectivity index (χ4n) is 4.48. The first-order valence-electron chi connectivity index (χ1n) is 7.59. The lowest BCUT2D eigenvalue weighted by Crippen LogP contribution is -2.42. The topological polar surface area (TPSA) is 79.2 Å². The van der Waals surface area contributed by atoms with Crippen LogP contribution in [0.15, 0.2) is 0 Å². The Morgan fingerprint density at radius 1 is 1.20 bits per heavy atom. The molecule has 116 valence electrons. The van der Waals surface area contributed by atoms with Crippen molar-refractivity contribution in [2.75, 3.05) is 6.61 Å². The van der Waals surface area contributed by atoms with Gasteiger partial charge in [0.15, 0.2) is 6.29 Å². The average Bonchev–Trinajstić information content (AvgIpc) is 2.87. The summed E-state index contributed by atoms with van der Waals surface area (Å²) >= 11 is 0. The fourth-order valence-corrected chi connectivity index (χ4v) is 4.48. The third-order valence-electron chi connectivity index (χ3n) is 6.51. The first-order valence-corrected chi connectivity index (χ1v) is 7.59. The van der Waals surface area contributed by atoms with Crippen molar-refractivity contribution in [1.82, 2.24) is 0 Å². The van der Waals surface area contributed by atoms with Crippen LogP contribution in [0.25, 0.3) is 0 Å². The second kappa shape index (κ2) is 4.65. The van der Waals surface area contributed by atoms with E-state index in [4.69, 9.17) is 14.6 Å². The molecule has 0 amide bonds. The van der Waals surface area contributed by atoms with Crippen LogP contribution in [0.1, 0.15) is 40.0 Å². The first kappa shape index (κ1) is 14.7. The van der Waals surface area contributed by atoms with Gasteiger partial charge in [0.2, 0.25) is 0 Å². The molecule has 1 aliphatic heterocycles. The van der Waals surface area contributed by atoms with E-state index in [1.54, 1.807) is 0 Å². The maximum Gasteiger partial charge on any atom is 0.186 e. The summed E-state index contributed by atoms with van der Waals surface area (Å²) in [6, 6.07) is 0. The Bertz CT molecular complexity index is 384. The first-order chi connectivity index (χ1) is 9.31. The normalized spacial score (nSPS) is 53.7. The number of aliphatic hydroxyl groups excluding tert-OH is 3. The second-order valence-corrected chi connectivity index (χ2v) is 7.44. The molecular formula is C15H26O5. The molecule has 5 nitrogen and oxygen atoms in total. The SMILES string of the molecule is CC1(C)[C@@H]2CC[C@@]1(C)[C@@H](O[C@@H]1O[C@@H](CO)[C@H](O)[C@H]1O)C2. The van der Waals surface area contributed by atoms with Crippen molar-refractivity contribution in [1.29, 1.82) is 0 Å². The van der Waals surface area contributed by atoms with Crippen molar-refractivity contribution in [2.24, 2.45) is 16.7 Å².